The maximum absolute atomic E-state index is 6.22. The quantitative estimate of drug-likeness (QED) is 0.572. The normalized spacial score (nSPS) is 21.1. The minimum atomic E-state index is 0.511. The van der Waals surface area contributed by atoms with Crippen LogP contribution < -0.4 is 0 Å². The van der Waals surface area contributed by atoms with Gasteiger partial charge in [-0.25, -0.2) is 0 Å². The monoisotopic (exact) mass is 246 g/mol. The Balaban J connectivity index is 2.62. The van der Waals surface area contributed by atoms with Gasteiger partial charge in [-0.15, -0.1) is 0 Å². The smallest absolute Gasteiger partial charge is 0.0587 e. The van der Waals surface area contributed by atoms with Crippen LogP contribution >= 0.6 is 23.2 Å². The van der Waals surface area contributed by atoms with E-state index in [0.717, 1.165) is 16.5 Å². The fraction of sp³-hybridized carbons (Fsp3) is 0.692. The van der Waals surface area contributed by atoms with Crippen LogP contribution in [0, 0.1) is 5.92 Å². The van der Waals surface area contributed by atoms with Crippen LogP contribution in [0.3, 0.4) is 0 Å². The minimum absolute atomic E-state index is 0.511. The van der Waals surface area contributed by atoms with E-state index in [1.54, 1.807) is 0 Å². The van der Waals surface area contributed by atoms with Crippen LogP contribution in [0.2, 0.25) is 0 Å². The fourth-order valence-electron chi connectivity index (χ4n) is 2.01. The van der Waals surface area contributed by atoms with Gasteiger partial charge in [-0.3, -0.25) is 0 Å². The highest BCUT2D eigenvalue weighted by molar-refractivity contribution is 6.44. The Morgan fingerprint density at radius 3 is 2.40 bits per heavy atom. The molecule has 0 radical (unpaired) electrons. The maximum atomic E-state index is 6.22. The molecule has 0 aliphatic heterocycles. The first-order valence-corrected chi connectivity index (χ1v) is 6.72. The minimum Gasteiger partial charge on any atom is -0.0830 e. The van der Waals surface area contributed by atoms with E-state index in [-0.39, 0.29) is 0 Å². The average molecular weight is 247 g/mol. The highest BCUT2D eigenvalue weighted by Gasteiger charge is 2.23. The van der Waals surface area contributed by atoms with Crippen molar-refractivity contribution >= 4 is 23.2 Å². The third kappa shape index (κ3) is 3.53. The third-order valence-electron chi connectivity index (χ3n) is 2.96. The van der Waals surface area contributed by atoms with Gasteiger partial charge in [0, 0.05) is 5.92 Å². The molecular weight excluding hydrogens is 227 g/mol. The van der Waals surface area contributed by atoms with Crippen molar-refractivity contribution in [3.63, 3.8) is 0 Å². The summed E-state index contributed by atoms with van der Waals surface area (Å²) < 4.78 is 0. The summed E-state index contributed by atoms with van der Waals surface area (Å²) in [5.74, 6) is 0.511. The second-order valence-corrected chi connectivity index (χ2v) is 4.99. The molecule has 0 aromatic rings. The number of hydrogen-bond donors (Lipinski definition) is 0. The summed E-state index contributed by atoms with van der Waals surface area (Å²) in [6, 6.07) is 0. The van der Waals surface area contributed by atoms with E-state index >= 15 is 0 Å². The number of unbranched alkanes of at least 4 members (excludes halogenated alkanes) is 2. The van der Waals surface area contributed by atoms with Crippen molar-refractivity contribution < 1.29 is 0 Å². The summed E-state index contributed by atoms with van der Waals surface area (Å²) in [5, 5.41) is 1.59. The van der Waals surface area contributed by atoms with E-state index in [4.69, 9.17) is 23.2 Å². The van der Waals surface area contributed by atoms with E-state index in [9.17, 15) is 0 Å². The molecule has 0 fully saturated rings. The largest absolute Gasteiger partial charge is 0.0830 e. The second-order valence-electron chi connectivity index (χ2n) is 4.21. The van der Waals surface area contributed by atoms with Gasteiger partial charge < -0.3 is 0 Å². The number of allylic oxidation sites excluding steroid dienone is 4. The first-order valence-electron chi connectivity index (χ1n) is 5.96. The Morgan fingerprint density at radius 1 is 1.13 bits per heavy atom. The predicted molar refractivity (Wildman–Crippen MR) is 69.4 cm³/mol. The van der Waals surface area contributed by atoms with Gasteiger partial charge in [0.25, 0.3) is 0 Å². The van der Waals surface area contributed by atoms with E-state index in [1.807, 2.05) is 0 Å². The van der Waals surface area contributed by atoms with Crippen molar-refractivity contribution in [1.82, 2.24) is 0 Å². The molecule has 0 spiro atoms. The van der Waals surface area contributed by atoms with E-state index < -0.39 is 0 Å². The van der Waals surface area contributed by atoms with Gasteiger partial charge in [0.05, 0.1) is 10.1 Å². The molecule has 0 amide bonds. The Bertz CT molecular complexity index is 264. The Kier molecular flexibility index (Phi) is 5.78. The van der Waals surface area contributed by atoms with Gasteiger partial charge in [0.2, 0.25) is 0 Å². The average Bonchev–Trinajstić information content (AvgIpc) is 2.50. The Morgan fingerprint density at radius 2 is 1.80 bits per heavy atom. The van der Waals surface area contributed by atoms with Crippen molar-refractivity contribution in [1.29, 1.82) is 0 Å². The number of hydrogen-bond acceptors (Lipinski definition) is 0. The van der Waals surface area contributed by atoms with Crippen LogP contribution in [-0.2, 0) is 0 Å². The van der Waals surface area contributed by atoms with Crippen LogP contribution in [0.15, 0.2) is 21.7 Å². The second kappa shape index (κ2) is 6.60. The summed E-state index contributed by atoms with van der Waals surface area (Å²) in [6.07, 6.45) is 9.35. The van der Waals surface area contributed by atoms with Crippen LogP contribution in [-0.4, -0.2) is 0 Å². The van der Waals surface area contributed by atoms with Crippen molar-refractivity contribution in [2.24, 2.45) is 5.92 Å². The van der Waals surface area contributed by atoms with Crippen LogP contribution in [0.5, 0.6) is 0 Å². The lowest BCUT2D eigenvalue weighted by Gasteiger charge is -2.13. The summed E-state index contributed by atoms with van der Waals surface area (Å²) in [7, 11) is 0. The molecule has 0 aromatic heterocycles. The molecule has 0 bridgehead atoms. The molecule has 0 N–H and O–H groups in total. The highest BCUT2D eigenvalue weighted by atomic mass is 35.5. The van der Waals surface area contributed by atoms with E-state index in [0.29, 0.717) is 5.92 Å². The van der Waals surface area contributed by atoms with Crippen LogP contribution in [0.1, 0.15) is 52.4 Å². The lowest BCUT2D eigenvalue weighted by Crippen LogP contribution is -1.99. The SMILES string of the molecule is CCCCC1=C(Cl)C(Cl)=CC1CCCC. The van der Waals surface area contributed by atoms with Gasteiger partial charge in [-0.2, -0.15) is 0 Å². The lowest BCUT2D eigenvalue weighted by atomic mass is 9.93. The topological polar surface area (TPSA) is 0 Å². The van der Waals surface area contributed by atoms with Crippen molar-refractivity contribution in [2.45, 2.75) is 52.4 Å². The molecule has 1 aliphatic carbocycles. The molecule has 15 heavy (non-hydrogen) atoms. The summed E-state index contributed by atoms with van der Waals surface area (Å²) in [5.41, 5.74) is 1.37. The summed E-state index contributed by atoms with van der Waals surface area (Å²) >= 11 is 12.3. The van der Waals surface area contributed by atoms with Crippen LogP contribution in [0.25, 0.3) is 0 Å². The molecule has 1 aliphatic rings. The van der Waals surface area contributed by atoms with Crippen LogP contribution in [0.4, 0.5) is 0 Å². The van der Waals surface area contributed by atoms with Gasteiger partial charge in [-0.05, 0) is 24.8 Å². The number of rotatable bonds is 6. The van der Waals surface area contributed by atoms with Crippen molar-refractivity contribution in [2.75, 3.05) is 0 Å². The Labute approximate surface area is 103 Å². The van der Waals surface area contributed by atoms with Crippen molar-refractivity contribution in [3.8, 4) is 0 Å². The predicted octanol–water partition coefficient (Wildman–Crippen LogP) is 5.61. The van der Waals surface area contributed by atoms with Gasteiger partial charge in [0.15, 0.2) is 0 Å². The molecule has 86 valence electrons. The molecule has 0 saturated carbocycles. The molecule has 0 saturated heterocycles. The standard InChI is InChI=1S/C13H20Cl2/c1-3-5-7-10-9-12(14)13(15)11(10)8-6-4-2/h9-10H,3-8H2,1-2H3. The highest BCUT2D eigenvalue weighted by Crippen LogP contribution is 2.40. The summed E-state index contributed by atoms with van der Waals surface area (Å²) in [6.45, 7) is 4.43. The maximum Gasteiger partial charge on any atom is 0.0587 e. The first-order chi connectivity index (χ1) is 7.20. The summed E-state index contributed by atoms with van der Waals surface area (Å²) in [4.78, 5) is 0. The molecule has 0 aromatic carbocycles. The molecule has 0 heterocycles. The number of halogens is 2. The third-order valence-corrected chi connectivity index (χ3v) is 3.81. The zero-order chi connectivity index (χ0) is 11.3. The zero-order valence-corrected chi connectivity index (χ0v) is 11.2. The lowest BCUT2D eigenvalue weighted by molar-refractivity contribution is 0.595. The van der Waals surface area contributed by atoms with Gasteiger partial charge >= 0.3 is 0 Å². The van der Waals surface area contributed by atoms with Gasteiger partial charge in [0.1, 0.15) is 0 Å². The molecule has 0 nitrogen and oxygen atoms in total. The van der Waals surface area contributed by atoms with Crippen molar-refractivity contribution in [3.05, 3.63) is 21.7 Å². The first kappa shape index (κ1) is 13.1. The molecular formula is C13H20Cl2. The Hall–Kier alpha value is 0.0600. The molecule has 1 rings (SSSR count). The van der Waals surface area contributed by atoms with Gasteiger partial charge in [-0.1, -0.05) is 62.4 Å². The fourth-order valence-corrected chi connectivity index (χ4v) is 2.58. The molecule has 2 heteroatoms. The zero-order valence-electron chi connectivity index (χ0n) is 9.65. The van der Waals surface area contributed by atoms with E-state index in [1.165, 1.54) is 37.7 Å². The molecule has 1 unspecified atom stereocenters. The molecule has 1 atom stereocenters. The van der Waals surface area contributed by atoms with E-state index in [2.05, 4.69) is 19.9 Å².